The minimum absolute atomic E-state index is 0.0667. The van der Waals surface area contributed by atoms with E-state index in [1.807, 2.05) is 6.08 Å². The predicted octanol–water partition coefficient (Wildman–Crippen LogP) is 3.88. The normalized spacial score (nSPS) is 12.3. The molecule has 0 aliphatic heterocycles. The van der Waals surface area contributed by atoms with Crippen molar-refractivity contribution in [2.24, 2.45) is 0 Å². The van der Waals surface area contributed by atoms with Crippen LogP contribution in [0.2, 0.25) is 5.02 Å². The van der Waals surface area contributed by atoms with Gasteiger partial charge in [0.15, 0.2) is 0 Å². The third kappa shape index (κ3) is 4.33. The topological polar surface area (TPSA) is 12.0 Å². The van der Waals surface area contributed by atoms with Crippen LogP contribution in [0.15, 0.2) is 24.3 Å². The number of benzene rings is 1. The fraction of sp³-hybridized carbons (Fsp3) is 0.385. The van der Waals surface area contributed by atoms with Gasteiger partial charge in [-0.1, -0.05) is 35.9 Å². The standard InChI is InChI=1S/C13H17ClFN/c1-13(2,3)16-9-5-7-10-6-4-8-11(14)12(10)15/h4-8,16H,9H2,1-3H3/b7-5+. The van der Waals surface area contributed by atoms with Gasteiger partial charge in [0.25, 0.3) is 0 Å². The van der Waals surface area contributed by atoms with E-state index in [0.29, 0.717) is 12.1 Å². The average Bonchev–Trinajstić information content (AvgIpc) is 2.17. The monoisotopic (exact) mass is 241 g/mol. The van der Waals surface area contributed by atoms with Gasteiger partial charge in [0, 0.05) is 17.6 Å². The van der Waals surface area contributed by atoms with Gasteiger partial charge in [-0.3, -0.25) is 0 Å². The van der Waals surface area contributed by atoms with E-state index in [0.717, 1.165) is 0 Å². The Labute approximate surface area is 101 Å². The molecule has 0 heterocycles. The van der Waals surface area contributed by atoms with Gasteiger partial charge in [0.05, 0.1) is 5.02 Å². The zero-order chi connectivity index (χ0) is 12.2. The summed E-state index contributed by atoms with van der Waals surface area (Å²) in [5.74, 6) is -0.365. The molecule has 0 saturated heterocycles. The largest absolute Gasteiger partial charge is 0.309 e. The van der Waals surface area contributed by atoms with Crippen molar-refractivity contribution in [2.75, 3.05) is 6.54 Å². The van der Waals surface area contributed by atoms with Crippen LogP contribution in [0.3, 0.4) is 0 Å². The Balaban J connectivity index is 2.60. The number of hydrogen-bond acceptors (Lipinski definition) is 1. The Hall–Kier alpha value is -0.860. The average molecular weight is 242 g/mol. The van der Waals surface area contributed by atoms with Crippen molar-refractivity contribution in [1.29, 1.82) is 0 Å². The lowest BCUT2D eigenvalue weighted by molar-refractivity contribution is 0.450. The van der Waals surface area contributed by atoms with E-state index in [-0.39, 0.29) is 16.4 Å². The molecule has 1 rings (SSSR count). The first kappa shape index (κ1) is 13.2. The molecule has 0 atom stereocenters. The highest BCUT2D eigenvalue weighted by atomic mass is 35.5. The van der Waals surface area contributed by atoms with Crippen molar-refractivity contribution in [3.63, 3.8) is 0 Å². The van der Waals surface area contributed by atoms with Crippen LogP contribution in [-0.2, 0) is 0 Å². The summed E-state index contributed by atoms with van der Waals surface area (Å²) < 4.78 is 13.5. The molecule has 0 aromatic heterocycles. The molecule has 1 nitrogen and oxygen atoms in total. The lowest BCUT2D eigenvalue weighted by Crippen LogP contribution is -2.35. The predicted molar refractivity (Wildman–Crippen MR) is 68.2 cm³/mol. The molecule has 0 saturated carbocycles. The molecule has 1 aromatic carbocycles. The zero-order valence-corrected chi connectivity index (χ0v) is 10.6. The molecule has 1 aromatic rings. The molecule has 1 N–H and O–H groups in total. The highest BCUT2D eigenvalue weighted by molar-refractivity contribution is 6.30. The summed E-state index contributed by atoms with van der Waals surface area (Å²) in [5.41, 5.74) is 0.584. The van der Waals surface area contributed by atoms with E-state index in [9.17, 15) is 4.39 Å². The van der Waals surface area contributed by atoms with Crippen LogP contribution in [0.5, 0.6) is 0 Å². The number of rotatable bonds is 3. The third-order valence-electron chi connectivity index (χ3n) is 2.03. The second-order valence-electron chi connectivity index (χ2n) is 4.68. The highest BCUT2D eigenvalue weighted by Crippen LogP contribution is 2.18. The number of halogens is 2. The van der Waals surface area contributed by atoms with Crippen molar-refractivity contribution in [3.8, 4) is 0 Å². The van der Waals surface area contributed by atoms with E-state index < -0.39 is 0 Å². The maximum atomic E-state index is 13.5. The molecule has 0 fully saturated rings. The van der Waals surface area contributed by atoms with E-state index in [1.54, 1.807) is 24.3 Å². The van der Waals surface area contributed by atoms with E-state index in [2.05, 4.69) is 26.1 Å². The van der Waals surface area contributed by atoms with Crippen molar-refractivity contribution >= 4 is 17.7 Å². The van der Waals surface area contributed by atoms with Crippen molar-refractivity contribution in [2.45, 2.75) is 26.3 Å². The zero-order valence-electron chi connectivity index (χ0n) is 9.85. The molecule has 0 unspecified atom stereocenters. The van der Waals surface area contributed by atoms with Gasteiger partial charge >= 0.3 is 0 Å². The molecular formula is C13H17ClFN. The molecule has 0 radical (unpaired) electrons. The molecule has 0 spiro atoms. The maximum absolute atomic E-state index is 13.5. The highest BCUT2D eigenvalue weighted by Gasteiger charge is 2.06. The van der Waals surface area contributed by atoms with E-state index in [1.165, 1.54) is 0 Å². The van der Waals surface area contributed by atoms with Gasteiger partial charge in [-0.2, -0.15) is 0 Å². The summed E-state index contributed by atoms with van der Waals surface area (Å²) in [6.07, 6.45) is 3.62. The Bertz CT molecular complexity index is 380. The van der Waals surface area contributed by atoms with Crippen LogP contribution in [0.4, 0.5) is 4.39 Å². The summed E-state index contributed by atoms with van der Waals surface area (Å²) in [7, 11) is 0. The van der Waals surface area contributed by atoms with E-state index in [4.69, 9.17) is 11.6 Å². The number of hydrogen-bond donors (Lipinski definition) is 1. The first-order chi connectivity index (χ1) is 7.40. The SMILES string of the molecule is CC(C)(C)NC/C=C/c1cccc(Cl)c1F. The minimum Gasteiger partial charge on any atom is -0.309 e. The summed E-state index contributed by atoms with van der Waals surface area (Å²) in [5, 5.41) is 3.44. The fourth-order valence-corrected chi connectivity index (χ4v) is 1.38. The van der Waals surface area contributed by atoms with Gasteiger partial charge in [-0.15, -0.1) is 0 Å². The quantitative estimate of drug-likeness (QED) is 0.847. The molecule has 16 heavy (non-hydrogen) atoms. The Morgan fingerprint density at radius 1 is 1.38 bits per heavy atom. The summed E-state index contributed by atoms with van der Waals surface area (Å²) in [4.78, 5) is 0. The number of nitrogens with one attached hydrogen (secondary N) is 1. The van der Waals surface area contributed by atoms with Crippen molar-refractivity contribution in [1.82, 2.24) is 5.32 Å². The van der Waals surface area contributed by atoms with Crippen molar-refractivity contribution in [3.05, 3.63) is 40.7 Å². The van der Waals surface area contributed by atoms with Gasteiger partial charge in [-0.05, 0) is 26.8 Å². The second kappa shape index (κ2) is 5.46. The molecule has 0 aliphatic carbocycles. The van der Waals surface area contributed by atoms with Gasteiger partial charge in [-0.25, -0.2) is 4.39 Å². The molecule has 3 heteroatoms. The fourth-order valence-electron chi connectivity index (χ4n) is 1.20. The molecule has 0 aliphatic rings. The first-order valence-electron chi connectivity index (χ1n) is 5.26. The van der Waals surface area contributed by atoms with Crippen LogP contribution in [0.25, 0.3) is 6.08 Å². The van der Waals surface area contributed by atoms with Crippen LogP contribution >= 0.6 is 11.6 Å². The Kier molecular flexibility index (Phi) is 4.51. The van der Waals surface area contributed by atoms with Crippen LogP contribution < -0.4 is 5.32 Å². The lowest BCUT2D eigenvalue weighted by Gasteiger charge is -2.18. The van der Waals surface area contributed by atoms with Crippen LogP contribution in [0, 0.1) is 5.82 Å². The van der Waals surface area contributed by atoms with Crippen LogP contribution in [-0.4, -0.2) is 12.1 Å². The summed E-state index contributed by atoms with van der Waals surface area (Å²) >= 11 is 5.67. The Morgan fingerprint density at radius 2 is 2.06 bits per heavy atom. The summed E-state index contributed by atoms with van der Waals surface area (Å²) in [6.45, 7) is 6.96. The second-order valence-corrected chi connectivity index (χ2v) is 5.08. The van der Waals surface area contributed by atoms with E-state index >= 15 is 0 Å². The molecule has 0 bridgehead atoms. The Morgan fingerprint density at radius 3 is 2.69 bits per heavy atom. The third-order valence-corrected chi connectivity index (χ3v) is 2.32. The molecule has 0 amide bonds. The van der Waals surface area contributed by atoms with Crippen molar-refractivity contribution < 1.29 is 4.39 Å². The van der Waals surface area contributed by atoms with Gasteiger partial charge in [0.1, 0.15) is 5.82 Å². The van der Waals surface area contributed by atoms with Gasteiger partial charge < -0.3 is 5.32 Å². The summed E-state index contributed by atoms with van der Waals surface area (Å²) in [6, 6.07) is 4.98. The molecule has 88 valence electrons. The maximum Gasteiger partial charge on any atom is 0.148 e. The first-order valence-corrected chi connectivity index (χ1v) is 5.63. The lowest BCUT2D eigenvalue weighted by atomic mass is 10.1. The smallest absolute Gasteiger partial charge is 0.148 e. The van der Waals surface area contributed by atoms with Crippen LogP contribution in [0.1, 0.15) is 26.3 Å². The minimum atomic E-state index is -0.365. The molecular weight excluding hydrogens is 225 g/mol. The van der Waals surface area contributed by atoms with Gasteiger partial charge in [0.2, 0.25) is 0 Å².